The van der Waals surface area contributed by atoms with Crippen molar-refractivity contribution in [2.45, 2.75) is 60.0 Å². The number of carbonyl (C=O) groups is 1. The van der Waals surface area contributed by atoms with Crippen molar-refractivity contribution in [1.29, 1.82) is 0 Å². The normalized spacial score (nSPS) is 16.8. The minimum atomic E-state index is -0.733. The van der Waals surface area contributed by atoms with Crippen LogP contribution < -0.4 is 10.1 Å². The van der Waals surface area contributed by atoms with Crippen molar-refractivity contribution in [3.63, 3.8) is 0 Å². The van der Waals surface area contributed by atoms with Gasteiger partial charge in [-0.2, -0.15) is 0 Å². The van der Waals surface area contributed by atoms with Crippen molar-refractivity contribution < 1.29 is 14.3 Å². The first-order chi connectivity index (χ1) is 11.3. The van der Waals surface area contributed by atoms with E-state index in [1.807, 2.05) is 39.8 Å². The molecule has 1 aliphatic carbocycles. The summed E-state index contributed by atoms with van der Waals surface area (Å²) in [7, 11) is 0. The number of rotatable bonds is 8. The van der Waals surface area contributed by atoms with Crippen molar-refractivity contribution >= 4 is 11.6 Å². The third-order valence-electron chi connectivity index (χ3n) is 4.53. The topological polar surface area (TPSA) is 47.6 Å². The van der Waals surface area contributed by atoms with E-state index < -0.39 is 5.60 Å². The van der Waals surface area contributed by atoms with Crippen LogP contribution >= 0.6 is 0 Å². The highest BCUT2D eigenvalue weighted by Crippen LogP contribution is 2.42. The fourth-order valence-electron chi connectivity index (χ4n) is 3.06. The predicted molar refractivity (Wildman–Crippen MR) is 97.6 cm³/mol. The molecule has 4 heteroatoms. The van der Waals surface area contributed by atoms with Crippen molar-refractivity contribution in [3.05, 3.63) is 23.3 Å². The Morgan fingerprint density at radius 1 is 1.29 bits per heavy atom. The third-order valence-corrected chi connectivity index (χ3v) is 4.53. The molecule has 1 atom stereocenters. The monoisotopic (exact) mass is 333 g/mol. The predicted octanol–water partition coefficient (Wildman–Crippen LogP) is 4.48. The summed E-state index contributed by atoms with van der Waals surface area (Å²) in [5.74, 6) is 1.67. The van der Waals surface area contributed by atoms with Gasteiger partial charge in [0, 0.05) is 12.3 Å². The fourth-order valence-corrected chi connectivity index (χ4v) is 3.06. The summed E-state index contributed by atoms with van der Waals surface area (Å²) in [5.41, 5.74) is 2.15. The second-order valence-corrected chi connectivity index (χ2v) is 7.41. The molecule has 0 unspecified atom stereocenters. The Labute approximate surface area is 145 Å². The summed E-state index contributed by atoms with van der Waals surface area (Å²) in [5, 5.41) is 3.04. The van der Waals surface area contributed by atoms with Gasteiger partial charge >= 0.3 is 0 Å². The van der Waals surface area contributed by atoms with E-state index >= 15 is 0 Å². The van der Waals surface area contributed by atoms with Crippen LogP contribution in [0.25, 0.3) is 0 Å². The van der Waals surface area contributed by atoms with Crippen LogP contribution in [0, 0.1) is 25.7 Å². The maximum atomic E-state index is 12.8. The molecular formula is C20H31NO3. The van der Waals surface area contributed by atoms with E-state index in [0.29, 0.717) is 25.0 Å². The summed E-state index contributed by atoms with van der Waals surface area (Å²) in [6, 6.07) is 3.94. The lowest BCUT2D eigenvalue weighted by molar-refractivity contribution is -0.141. The van der Waals surface area contributed by atoms with E-state index in [1.54, 1.807) is 0 Å². The summed E-state index contributed by atoms with van der Waals surface area (Å²) in [4.78, 5) is 12.8. The van der Waals surface area contributed by atoms with E-state index in [1.165, 1.54) is 0 Å². The molecule has 0 radical (unpaired) electrons. The Morgan fingerprint density at radius 3 is 2.33 bits per heavy atom. The van der Waals surface area contributed by atoms with Crippen LogP contribution in [0.3, 0.4) is 0 Å². The SMILES string of the molecule is CCO[C@](C)(C(=O)Nc1cc(C)c(OCC(C)C)c(C)c1)C1CC1. The zero-order valence-corrected chi connectivity index (χ0v) is 15.9. The molecule has 0 bridgehead atoms. The number of hydrogen-bond donors (Lipinski definition) is 1. The Bertz CT molecular complexity index is 570. The largest absolute Gasteiger partial charge is 0.493 e. The lowest BCUT2D eigenvalue weighted by Crippen LogP contribution is -2.44. The molecule has 1 fully saturated rings. The highest BCUT2D eigenvalue weighted by Gasteiger charge is 2.48. The van der Waals surface area contributed by atoms with Crippen LogP contribution in [-0.4, -0.2) is 24.7 Å². The first-order valence-corrected chi connectivity index (χ1v) is 8.97. The molecule has 1 amide bonds. The lowest BCUT2D eigenvalue weighted by atomic mass is 9.98. The van der Waals surface area contributed by atoms with Crippen LogP contribution in [-0.2, 0) is 9.53 Å². The van der Waals surface area contributed by atoms with Crippen LogP contribution in [0.5, 0.6) is 5.75 Å². The molecule has 1 aromatic rings. The standard InChI is InChI=1S/C20H31NO3/c1-7-24-20(6,16-8-9-16)19(22)21-17-10-14(4)18(15(5)11-17)23-12-13(2)3/h10-11,13,16H,7-9,12H2,1-6H3,(H,21,22)/t20-/m0/s1. The number of aryl methyl sites for hydroxylation is 2. The molecule has 0 aliphatic heterocycles. The zero-order valence-electron chi connectivity index (χ0n) is 15.9. The van der Waals surface area contributed by atoms with Gasteiger partial charge in [0.25, 0.3) is 5.91 Å². The van der Waals surface area contributed by atoms with Crippen LogP contribution in [0.1, 0.15) is 51.7 Å². The molecule has 0 saturated heterocycles. The maximum Gasteiger partial charge on any atom is 0.256 e. The number of benzene rings is 1. The van der Waals surface area contributed by atoms with Gasteiger partial charge < -0.3 is 14.8 Å². The molecule has 134 valence electrons. The van der Waals surface area contributed by atoms with E-state index in [0.717, 1.165) is 35.4 Å². The number of anilines is 1. The van der Waals surface area contributed by atoms with Crippen molar-refractivity contribution in [1.82, 2.24) is 0 Å². The molecule has 2 rings (SSSR count). The molecule has 1 aliphatic rings. The molecule has 0 aromatic heterocycles. The smallest absolute Gasteiger partial charge is 0.256 e. The molecular weight excluding hydrogens is 302 g/mol. The van der Waals surface area contributed by atoms with Crippen LogP contribution in [0.2, 0.25) is 0 Å². The molecule has 1 aromatic carbocycles. The minimum Gasteiger partial charge on any atom is -0.493 e. The number of nitrogens with one attached hydrogen (secondary N) is 1. The molecule has 4 nitrogen and oxygen atoms in total. The highest BCUT2D eigenvalue weighted by atomic mass is 16.5. The van der Waals surface area contributed by atoms with Gasteiger partial charge in [0.2, 0.25) is 0 Å². The van der Waals surface area contributed by atoms with E-state index in [2.05, 4.69) is 19.2 Å². The first-order valence-electron chi connectivity index (χ1n) is 8.97. The van der Waals surface area contributed by atoms with E-state index in [4.69, 9.17) is 9.47 Å². The quantitative estimate of drug-likeness (QED) is 0.763. The lowest BCUT2D eigenvalue weighted by Gasteiger charge is -2.28. The van der Waals surface area contributed by atoms with Gasteiger partial charge in [-0.1, -0.05) is 13.8 Å². The molecule has 1 N–H and O–H groups in total. The van der Waals surface area contributed by atoms with Crippen molar-refractivity contribution in [3.8, 4) is 5.75 Å². The summed E-state index contributed by atoms with van der Waals surface area (Å²) in [6.07, 6.45) is 2.12. The van der Waals surface area contributed by atoms with E-state index in [9.17, 15) is 4.79 Å². The van der Waals surface area contributed by atoms with Gasteiger partial charge in [-0.05, 0) is 75.6 Å². The zero-order chi connectivity index (χ0) is 17.9. The molecule has 1 saturated carbocycles. The molecule has 0 spiro atoms. The highest BCUT2D eigenvalue weighted by molar-refractivity contribution is 5.97. The molecule has 0 heterocycles. The summed E-state index contributed by atoms with van der Waals surface area (Å²) >= 11 is 0. The maximum absolute atomic E-state index is 12.8. The Kier molecular flexibility index (Phi) is 5.92. The van der Waals surface area contributed by atoms with Crippen LogP contribution in [0.4, 0.5) is 5.69 Å². The van der Waals surface area contributed by atoms with Gasteiger partial charge in [-0.25, -0.2) is 0 Å². The Morgan fingerprint density at radius 2 is 1.88 bits per heavy atom. The van der Waals surface area contributed by atoms with Crippen molar-refractivity contribution in [2.24, 2.45) is 11.8 Å². The average Bonchev–Trinajstić information content (AvgIpc) is 3.31. The third kappa shape index (κ3) is 4.29. The molecule has 24 heavy (non-hydrogen) atoms. The Hall–Kier alpha value is -1.55. The van der Waals surface area contributed by atoms with Crippen LogP contribution in [0.15, 0.2) is 12.1 Å². The Balaban J connectivity index is 2.13. The number of carbonyl (C=O) groups excluding carboxylic acids is 1. The van der Waals surface area contributed by atoms with Gasteiger partial charge in [0.15, 0.2) is 0 Å². The minimum absolute atomic E-state index is 0.0542. The second-order valence-electron chi connectivity index (χ2n) is 7.41. The van der Waals surface area contributed by atoms with E-state index in [-0.39, 0.29) is 5.91 Å². The average molecular weight is 333 g/mol. The summed E-state index contributed by atoms with van der Waals surface area (Å²) < 4.78 is 11.7. The van der Waals surface area contributed by atoms with Gasteiger partial charge in [0.1, 0.15) is 11.4 Å². The second kappa shape index (κ2) is 7.56. The van der Waals surface area contributed by atoms with Gasteiger partial charge in [0.05, 0.1) is 6.61 Å². The number of ether oxygens (including phenoxy) is 2. The van der Waals surface area contributed by atoms with Crippen molar-refractivity contribution in [2.75, 3.05) is 18.5 Å². The van der Waals surface area contributed by atoms with Gasteiger partial charge in [-0.3, -0.25) is 4.79 Å². The first kappa shape index (κ1) is 18.8. The summed E-state index contributed by atoms with van der Waals surface area (Å²) in [6.45, 7) is 13.4. The number of hydrogen-bond acceptors (Lipinski definition) is 3. The van der Waals surface area contributed by atoms with Gasteiger partial charge in [-0.15, -0.1) is 0 Å². The number of amides is 1. The fraction of sp³-hybridized carbons (Fsp3) is 0.650.